The number of aryl methyl sites for hydroxylation is 1. The number of hydrogen-bond acceptors (Lipinski definition) is 9. The van der Waals surface area contributed by atoms with Crippen molar-refractivity contribution in [2.45, 2.75) is 38.3 Å². The highest BCUT2D eigenvalue weighted by molar-refractivity contribution is 7.99. The number of carbonyl (C=O) groups excluding carboxylic acids is 2. The van der Waals surface area contributed by atoms with Gasteiger partial charge in [-0.1, -0.05) is 0 Å². The number of hydrogen-bond donors (Lipinski definition) is 2. The highest BCUT2D eigenvalue weighted by Crippen LogP contribution is 2.32. The quantitative estimate of drug-likeness (QED) is 0.558. The molecule has 5 heterocycles. The Balaban J connectivity index is 1.33. The molecule has 2 aromatic heterocycles. The van der Waals surface area contributed by atoms with Crippen molar-refractivity contribution in [1.29, 1.82) is 5.26 Å². The maximum absolute atomic E-state index is 13.4. The molecule has 0 bridgehead atoms. The first-order valence-corrected chi connectivity index (χ1v) is 14.5. The lowest BCUT2D eigenvalue weighted by Gasteiger charge is -2.33. The number of fused-ring (bicyclic) bond motifs is 1. The van der Waals surface area contributed by atoms with Gasteiger partial charge in [0, 0.05) is 43.5 Å². The molecule has 0 radical (unpaired) electrons. The lowest BCUT2D eigenvalue weighted by Crippen LogP contribution is -2.48. The summed E-state index contributed by atoms with van der Waals surface area (Å²) in [4.78, 5) is 40.4. The summed E-state index contributed by atoms with van der Waals surface area (Å²) >= 11 is 1.94. The SMILES string of the molecule is COc1nc2c(cc1CN1CCN(C)CC1=O)CCCN2C(=O)Nc1cc(NC2CCSCC2)c(C#N)cn1. The number of anilines is 3. The number of nitrogens with one attached hydrogen (secondary N) is 2. The zero-order chi connectivity index (χ0) is 27.4. The molecule has 0 aromatic carbocycles. The molecule has 11 nitrogen and oxygen atoms in total. The number of aromatic nitrogens is 2. The van der Waals surface area contributed by atoms with Crippen LogP contribution < -0.4 is 20.3 Å². The van der Waals surface area contributed by atoms with Crippen molar-refractivity contribution in [1.82, 2.24) is 19.8 Å². The molecule has 3 aliphatic rings. The summed E-state index contributed by atoms with van der Waals surface area (Å²) in [6.07, 6.45) is 5.12. The second kappa shape index (κ2) is 12.1. The first-order valence-electron chi connectivity index (χ1n) is 13.3. The van der Waals surface area contributed by atoms with E-state index in [-0.39, 0.29) is 11.9 Å². The predicted molar refractivity (Wildman–Crippen MR) is 151 cm³/mol. The minimum absolute atomic E-state index is 0.0793. The zero-order valence-corrected chi connectivity index (χ0v) is 23.2. The fraction of sp³-hybridized carbons (Fsp3) is 0.519. The summed E-state index contributed by atoms with van der Waals surface area (Å²) < 4.78 is 5.60. The van der Waals surface area contributed by atoms with E-state index < -0.39 is 0 Å². The van der Waals surface area contributed by atoms with Gasteiger partial charge in [-0.25, -0.2) is 9.78 Å². The summed E-state index contributed by atoms with van der Waals surface area (Å²) in [5.41, 5.74) is 2.91. The maximum atomic E-state index is 13.4. The molecule has 2 saturated heterocycles. The standard InChI is InChI=1S/C27H34N8O3S/c1-33-8-9-34(24(36)17-33)16-19-12-18-4-3-7-35(25(18)32-26(19)38-2)27(37)31-23-13-22(20(14-28)15-29-23)30-21-5-10-39-11-6-21/h12-13,15,21H,3-11,16-17H2,1-2H3,(H2,29,30,31,37). The lowest BCUT2D eigenvalue weighted by molar-refractivity contribution is -0.136. The Hall–Kier alpha value is -3.56. The molecule has 0 saturated carbocycles. The Bertz CT molecular complexity index is 1280. The van der Waals surface area contributed by atoms with Gasteiger partial charge in [-0.2, -0.15) is 22.0 Å². The van der Waals surface area contributed by atoms with Crippen molar-refractivity contribution in [2.75, 3.05) is 67.4 Å². The smallest absolute Gasteiger partial charge is 0.328 e. The minimum atomic E-state index is -0.343. The second-order valence-electron chi connectivity index (χ2n) is 10.1. The molecule has 0 atom stereocenters. The number of methoxy groups -OCH3 is 1. The normalized spacial score (nSPS) is 18.3. The van der Waals surface area contributed by atoms with Crippen LogP contribution in [0.5, 0.6) is 5.88 Å². The summed E-state index contributed by atoms with van der Waals surface area (Å²) in [6.45, 7) is 2.80. The third-order valence-corrected chi connectivity index (χ3v) is 8.40. The molecule has 2 N–H and O–H groups in total. The van der Waals surface area contributed by atoms with E-state index in [4.69, 9.17) is 9.72 Å². The predicted octanol–water partition coefficient (Wildman–Crippen LogP) is 2.92. The topological polar surface area (TPSA) is 127 Å². The van der Waals surface area contributed by atoms with E-state index in [0.717, 1.165) is 54.9 Å². The van der Waals surface area contributed by atoms with Gasteiger partial charge in [-0.15, -0.1) is 0 Å². The van der Waals surface area contributed by atoms with Crippen LogP contribution in [-0.4, -0.2) is 89.6 Å². The van der Waals surface area contributed by atoms with E-state index in [1.54, 1.807) is 18.1 Å². The first-order chi connectivity index (χ1) is 18.9. The molecule has 2 aromatic rings. The van der Waals surface area contributed by atoms with Crippen LogP contribution in [0.4, 0.5) is 22.1 Å². The number of pyridine rings is 2. The molecule has 206 valence electrons. The van der Waals surface area contributed by atoms with Gasteiger partial charge in [0.15, 0.2) is 0 Å². The zero-order valence-electron chi connectivity index (χ0n) is 22.4. The number of nitrogens with zero attached hydrogens (tertiary/aromatic N) is 6. The number of likely N-dealkylation sites (N-methyl/N-ethyl adjacent to an activating group) is 1. The lowest BCUT2D eigenvalue weighted by atomic mass is 10.0. The Morgan fingerprint density at radius 3 is 2.82 bits per heavy atom. The van der Waals surface area contributed by atoms with Crippen molar-refractivity contribution in [2.24, 2.45) is 0 Å². The van der Waals surface area contributed by atoms with Gasteiger partial charge in [0.25, 0.3) is 0 Å². The van der Waals surface area contributed by atoms with Crippen molar-refractivity contribution in [3.63, 3.8) is 0 Å². The number of ether oxygens (including phenoxy) is 1. The third-order valence-electron chi connectivity index (χ3n) is 7.35. The molecule has 39 heavy (non-hydrogen) atoms. The second-order valence-corrected chi connectivity index (χ2v) is 11.4. The number of piperazine rings is 1. The largest absolute Gasteiger partial charge is 0.481 e. The highest BCUT2D eigenvalue weighted by atomic mass is 32.2. The van der Waals surface area contributed by atoms with Crippen LogP contribution in [0.25, 0.3) is 0 Å². The van der Waals surface area contributed by atoms with Crippen LogP contribution in [-0.2, 0) is 17.8 Å². The fourth-order valence-electron chi connectivity index (χ4n) is 5.19. The summed E-state index contributed by atoms with van der Waals surface area (Å²) in [7, 11) is 3.49. The van der Waals surface area contributed by atoms with E-state index >= 15 is 0 Å². The third kappa shape index (κ3) is 6.20. The Kier molecular flexibility index (Phi) is 8.38. The molecular formula is C27H34N8O3S. The molecule has 3 amide bonds. The average molecular weight is 551 g/mol. The number of thioether (sulfide) groups is 1. The molecule has 0 spiro atoms. The van der Waals surface area contributed by atoms with E-state index in [9.17, 15) is 14.9 Å². The first kappa shape index (κ1) is 27.0. The number of amides is 3. The van der Waals surface area contributed by atoms with Gasteiger partial charge in [-0.3, -0.25) is 19.9 Å². The van der Waals surface area contributed by atoms with Gasteiger partial charge in [0.1, 0.15) is 17.7 Å². The molecule has 12 heteroatoms. The number of carbonyl (C=O) groups is 2. The van der Waals surface area contributed by atoms with Gasteiger partial charge < -0.3 is 15.0 Å². The van der Waals surface area contributed by atoms with Gasteiger partial charge in [0.05, 0.1) is 31.5 Å². The van der Waals surface area contributed by atoms with Gasteiger partial charge in [-0.05, 0) is 55.9 Å². The number of urea groups is 1. The van der Waals surface area contributed by atoms with Crippen LogP contribution in [0.3, 0.4) is 0 Å². The number of rotatable bonds is 6. The van der Waals surface area contributed by atoms with Crippen molar-refractivity contribution in [3.8, 4) is 11.9 Å². The van der Waals surface area contributed by atoms with Crippen LogP contribution in [0, 0.1) is 11.3 Å². The van der Waals surface area contributed by atoms with Crippen LogP contribution in [0.2, 0.25) is 0 Å². The average Bonchev–Trinajstić information content (AvgIpc) is 2.94. The molecule has 5 rings (SSSR count). The van der Waals surface area contributed by atoms with Gasteiger partial charge in [0.2, 0.25) is 11.8 Å². The maximum Gasteiger partial charge on any atom is 0.328 e. The molecule has 0 aliphatic carbocycles. The van der Waals surface area contributed by atoms with Gasteiger partial charge >= 0.3 is 6.03 Å². The van der Waals surface area contributed by atoms with Crippen LogP contribution in [0.1, 0.15) is 36.0 Å². The van der Waals surface area contributed by atoms with Crippen molar-refractivity contribution >= 4 is 41.0 Å². The highest BCUT2D eigenvalue weighted by Gasteiger charge is 2.29. The van der Waals surface area contributed by atoms with Crippen LogP contribution >= 0.6 is 11.8 Å². The molecule has 2 fully saturated rings. The van der Waals surface area contributed by atoms with E-state index in [1.165, 1.54) is 6.20 Å². The summed E-state index contributed by atoms with van der Waals surface area (Å²) in [6, 6.07) is 5.88. The van der Waals surface area contributed by atoms with E-state index in [0.29, 0.717) is 61.0 Å². The summed E-state index contributed by atoms with van der Waals surface area (Å²) in [5, 5.41) is 15.9. The molecular weight excluding hydrogens is 516 g/mol. The van der Waals surface area contributed by atoms with Crippen molar-refractivity contribution < 1.29 is 14.3 Å². The fourth-order valence-corrected chi connectivity index (χ4v) is 6.29. The van der Waals surface area contributed by atoms with E-state index in [1.807, 2.05) is 34.7 Å². The van der Waals surface area contributed by atoms with Crippen LogP contribution in [0.15, 0.2) is 18.3 Å². The molecule has 0 unspecified atom stereocenters. The van der Waals surface area contributed by atoms with E-state index in [2.05, 4.69) is 21.7 Å². The Morgan fingerprint density at radius 1 is 1.26 bits per heavy atom. The summed E-state index contributed by atoms with van der Waals surface area (Å²) in [5.74, 6) is 3.59. The Labute approximate surface area is 232 Å². The minimum Gasteiger partial charge on any atom is -0.481 e. The van der Waals surface area contributed by atoms with Crippen molar-refractivity contribution in [3.05, 3.63) is 35.0 Å². The number of nitriles is 1. The molecule has 3 aliphatic heterocycles. The monoisotopic (exact) mass is 550 g/mol. The Morgan fingerprint density at radius 2 is 2.08 bits per heavy atom.